The maximum Gasteiger partial charge on any atom is 0.234 e. The molecule has 2 heterocycles. The highest BCUT2D eigenvalue weighted by molar-refractivity contribution is 5.85. The van der Waals surface area contributed by atoms with E-state index in [-0.39, 0.29) is 30.7 Å². The zero-order valence-corrected chi connectivity index (χ0v) is 15.8. The molecule has 0 unspecified atom stereocenters. The zero-order chi connectivity index (χ0) is 15.6. The van der Waals surface area contributed by atoms with E-state index < -0.39 is 0 Å². The molecule has 0 bridgehead atoms. The number of halogens is 2. The Hall–Kier alpha value is -1.08. The van der Waals surface area contributed by atoms with Crippen molar-refractivity contribution in [1.82, 2.24) is 15.6 Å². The second-order valence-corrected chi connectivity index (χ2v) is 5.52. The molecule has 1 aliphatic heterocycles. The Labute approximate surface area is 156 Å². The van der Waals surface area contributed by atoms with Crippen molar-refractivity contribution in [3.63, 3.8) is 0 Å². The summed E-state index contributed by atoms with van der Waals surface area (Å²) in [5, 5.41) is 5.95. The number of aromatic nitrogens is 1. The number of amides is 1. The van der Waals surface area contributed by atoms with Crippen molar-refractivity contribution in [2.45, 2.75) is 25.8 Å². The van der Waals surface area contributed by atoms with Gasteiger partial charge >= 0.3 is 0 Å². The van der Waals surface area contributed by atoms with Gasteiger partial charge in [0.15, 0.2) is 0 Å². The van der Waals surface area contributed by atoms with Gasteiger partial charge in [-0.15, -0.1) is 24.8 Å². The maximum atomic E-state index is 11.7. The summed E-state index contributed by atoms with van der Waals surface area (Å²) in [6.45, 7) is 4.29. The number of anilines is 1. The van der Waals surface area contributed by atoms with Crippen molar-refractivity contribution >= 4 is 36.5 Å². The average molecular weight is 379 g/mol. The van der Waals surface area contributed by atoms with Crippen LogP contribution in [0.4, 0.5) is 5.82 Å². The predicted octanol–water partition coefficient (Wildman–Crippen LogP) is 1.77. The second kappa shape index (κ2) is 13.2. The molecule has 1 fully saturated rings. The Morgan fingerprint density at radius 1 is 1.29 bits per heavy atom. The minimum absolute atomic E-state index is 0. The highest BCUT2D eigenvalue weighted by Crippen LogP contribution is 2.18. The smallest absolute Gasteiger partial charge is 0.234 e. The topological polar surface area (TPSA) is 66.5 Å². The van der Waals surface area contributed by atoms with Crippen LogP contribution in [-0.4, -0.2) is 50.8 Å². The van der Waals surface area contributed by atoms with Crippen molar-refractivity contribution in [1.29, 1.82) is 0 Å². The molecule has 0 atom stereocenters. The first kappa shape index (κ1) is 22.9. The van der Waals surface area contributed by atoms with Crippen molar-refractivity contribution in [2.24, 2.45) is 0 Å². The van der Waals surface area contributed by atoms with Crippen LogP contribution in [0.3, 0.4) is 0 Å². The van der Waals surface area contributed by atoms with Gasteiger partial charge in [-0.1, -0.05) is 0 Å². The van der Waals surface area contributed by atoms with E-state index in [9.17, 15) is 4.79 Å². The third kappa shape index (κ3) is 8.15. The van der Waals surface area contributed by atoms with Crippen LogP contribution in [-0.2, 0) is 16.1 Å². The van der Waals surface area contributed by atoms with E-state index in [1.807, 2.05) is 12.3 Å². The molecule has 6 nitrogen and oxygen atoms in total. The molecule has 1 aromatic heterocycles. The lowest BCUT2D eigenvalue weighted by Crippen LogP contribution is -2.35. The summed E-state index contributed by atoms with van der Waals surface area (Å²) in [6, 6.07) is 4.02. The molecule has 1 aromatic rings. The van der Waals surface area contributed by atoms with Gasteiger partial charge in [-0.25, -0.2) is 4.98 Å². The number of nitrogens with zero attached hydrogens (tertiary/aromatic N) is 2. The molecular formula is C16H28Cl2N4O2. The number of methoxy groups -OCH3 is 1. The van der Waals surface area contributed by atoms with Gasteiger partial charge in [0.2, 0.25) is 5.91 Å². The van der Waals surface area contributed by atoms with Crippen molar-refractivity contribution in [3.8, 4) is 0 Å². The summed E-state index contributed by atoms with van der Waals surface area (Å²) in [4.78, 5) is 18.5. The van der Waals surface area contributed by atoms with Crippen LogP contribution in [0.2, 0.25) is 0 Å². The van der Waals surface area contributed by atoms with Crippen LogP contribution in [0.5, 0.6) is 0 Å². The van der Waals surface area contributed by atoms with E-state index in [1.54, 1.807) is 7.11 Å². The first-order chi connectivity index (χ1) is 10.8. The van der Waals surface area contributed by atoms with Crippen molar-refractivity contribution < 1.29 is 9.53 Å². The highest BCUT2D eigenvalue weighted by atomic mass is 35.5. The van der Waals surface area contributed by atoms with E-state index in [0.29, 0.717) is 26.2 Å². The largest absolute Gasteiger partial charge is 0.383 e. The lowest BCUT2D eigenvalue weighted by atomic mass is 10.1. The molecule has 0 spiro atoms. The van der Waals surface area contributed by atoms with Gasteiger partial charge in [-0.3, -0.25) is 4.79 Å². The number of rotatable bonds is 8. The highest BCUT2D eigenvalue weighted by Gasteiger charge is 2.12. The third-order valence-electron chi connectivity index (χ3n) is 3.75. The molecule has 0 saturated carbocycles. The summed E-state index contributed by atoms with van der Waals surface area (Å²) in [5.41, 5.74) is 1.08. The molecule has 138 valence electrons. The number of hydrogen-bond acceptors (Lipinski definition) is 5. The Bertz CT molecular complexity index is 471. The minimum atomic E-state index is -0.00700. The molecule has 2 rings (SSSR count). The number of nitrogens with one attached hydrogen (secondary N) is 2. The lowest BCUT2D eigenvalue weighted by molar-refractivity contribution is -0.120. The number of hydrogen-bond donors (Lipinski definition) is 2. The van der Waals surface area contributed by atoms with Gasteiger partial charge in [0.25, 0.3) is 0 Å². The van der Waals surface area contributed by atoms with Crippen molar-refractivity contribution in [3.05, 3.63) is 23.9 Å². The molecule has 0 aromatic carbocycles. The van der Waals surface area contributed by atoms with Crippen LogP contribution >= 0.6 is 24.8 Å². The number of carbonyl (C=O) groups is 1. The quantitative estimate of drug-likeness (QED) is 0.674. The molecule has 8 heteroatoms. The van der Waals surface area contributed by atoms with E-state index in [0.717, 1.165) is 24.5 Å². The zero-order valence-electron chi connectivity index (χ0n) is 14.1. The fourth-order valence-electron chi connectivity index (χ4n) is 2.51. The minimum Gasteiger partial charge on any atom is -0.383 e. The van der Waals surface area contributed by atoms with Gasteiger partial charge in [0.1, 0.15) is 5.82 Å². The molecule has 1 aliphatic rings. The van der Waals surface area contributed by atoms with Crippen LogP contribution in [0.25, 0.3) is 0 Å². The van der Waals surface area contributed by atoms with Crippen LogP contribution in [0.15, 0.2) is 18.3 Å². The Kier molecular flexibility index (Phi) is 12.6. The number of carbonyl (C=O) groups excluding carboxylic acids is 1. The second-order valence-electron chi connectivity index (χ2n) is 5.52. The first-order valence-electron chi connectivity index (χ1n) is 7.96. The Morgan fingerprint density at radius 3 is 2.75 bits per heavy atom. The van der Waals surface area contributed by atoms with Gasteiger partial charge < -0.3 is 20.3 Å². The van der Waals surface area contributed by atoms with Crippen LogP contribution in [0, 0.1) is 0 Å². The van der Waals surface area contributed by atoms with Gasteiger partial charge in [0, 0.05) is 39.5 Å². The third-order valence-corrected chi connectivity index (χ3v) is 3.75. The standard InChI is InChI=1S/C16H26N4O2.2ClH/c1-22-10-7-17-13-16(21)19-12-14-5-6-18-15(11-14)20-8-3-2-4-9-20;;/h5-6,11,17H,2-4,7-10,12-13H2,1H3,(H,19,21);2*1H. The number of ether oxygens (including phenoxy) is 1. The van der Waals surface area contributed by atoms with Gasteiger partial charge in [-0.05, 0) is 37.0 Å². The average Bonchev–Trinajstić information content (AvgIpc) is 2.58. The van der Waals surface area contributed by atoms with Gasteiger partial charge in [-0.2, -0.15) is 0 Å². The normalized spacial score (nSPS) is 13.6. The van der Waals surface area contributed by atoms with Crippen LogP contribution in [0.1, 0.15) is 24.8 Å². The number of pyridine rings is 1. The molecule has 0 aliphatic carbocycles. The summed E-state index contributed by atoms with van der Waals surface area (Å²) >= 11 is 0. The summed E-state index contributed by atoms with van der Waals surface area (Å²) in [7, 11) is 1.64. The van der Waals surface area contributed by atoms with Gasteiger partial charge in [0.05, 0.1) is 13.2 Å². The Morgan fingerprint density at radius 2 is 2.04 bits per heavy atom. The van der Waals surface area contributed by atoms with Crippen LogP contribution < -0.4 is 15.5 Å². The van der Waals surface area contributed by atoms with E-state index in [4.69, 9.17) is 4.74 Å². The SMILES string of the molecule is COCCNCC(=O)NCc1ccnc(N2CCCCC2)c1.Cl.Cl. The fraction of sp³-hybridized carbons (Fsp3) is 0.625. The van der Waals surface area contributed by atoms with Crippen molar-refractivity contribution in [2.75, 3.05) is 44.8 Å². The first-order valence-corrected chi connectivity index (χ1v) is 7.96. The monoisotopic (exact) mass is 378 g/mol. The Balaban J connectivity index is 0.00000264. The molecular weight excluding hydrogens is 351 g/mol. The maximum absolute atomic E-state index is 11.7. The van der Waals surface area contributed by atoms with E-state index in [2.05, 4.69) is 26.6 Å². The summed E-state index contributed by atoms with van der Waals surface area (Å²) < 4.78 is 4.92. The fourth-order valence-corrected chi connectivity index (χ4v) is 2.51. The molecule has 1 saturated heterocycles. The number of piperidine rings is 1. The molecule has 0 radical (unpaired) electrons. The molecule has 2 N–H and O–H groups in total. The lowest BCUT2D eigenvalue weighted by Gasteiger charge is -2.27. The summed E-state index contributed by atoms with van der Waals surface area (Å²) in [5.74, 6) is 1.01. The van der Waals surface area contributed by atoms with E-state index in [1.165, 1.54) is 19.3 Å². The summed E-state index contributed by atoms with van der Waals surface area (Å²) in [6.07, 6.45) is 5.59. The molecule has 1 amide bonds. The predicted molar refractivity (Wildman–Crippen MR) is 101 cm³/mol. The molecule has 24 heavy (non-hydrogen) atoms. The van der Waals surface area contributed by atoms with E-state index >= 15 is 0 Å².